The van der Waals surface area contributed by atoms with Crippen LogP contribution in [0, 0.1) is 5.92 Å². The van der Waals surface area contributed by atoms with Crippen molar-refractivity contribution in [2.75, 3.05) is 26.0 Å². The number of carbonyl (C=O) groups excluding carboxylic acids is 2. The highest BCUT2D eigenvalue weighted by molar-refractivity contribution is 7.11. The summed E-state index contributed by atoms with van der Waals surface area (Å²) in [4.78, 5) is 24.5. The second kappa shape index (κ2) is 7.82. The van der Waals surface area contributed by atoms with E-state index >= 15 is 0 Å². The Morgan fingerprint density at radius 1 is 1.43 bits per heavy atom. The van der Waals surface area contributed by atoms with Gasteiger partial charge in [-0.25, -0.2) is 4.79 Å². The Morgan fingerprint density at radius 2 is 2.10 bits per heavy atom. The third kappa shape index (κ3) is 5.22. The number of hydrogen-bond donors (Lipinski definition) is 2. The lowest BCUT2D eigenvalue weighted by Crippen LogP contribution is -2.28. The second-order valence-corrected chi connectivity index (χ2v) is 6.04. The normalized spacial score (nSPS) is 10.5. The van der Waals surface area contributed by atoms with Gasteiger partial charge in [0.15, 0.2) is 0 Å². The van der Waals surface area contributed by atoms with Gasteiger partial charge in [0.2, 0.25) is 5.88 Å². The molecule has 0 bridgehead atoms. The number of urea groups is 1. The fourth-order valence-corrected chi connectivity index (χ4v) is 2.28. The molecule has 0 aliphatic heterocycles. The van der Waals surface area contributed by atoms with Gasteiger partial charge in [-0.1, -0.05) is 13.8 Å². The monoisotopic (exact) mass is 314 g/mol. The average Bonchev–Trinajstić information content (AvgIpc) is 2.77. The van der Waals surface area contributed by atoms with Gasteiger partial charge in [0.25, 0.3) is 5.91 Å². The van der Waals surface area contributed by atoms with Gasteiger partial charge in [-0.2, -0.15) is 4.37 Å². The molecule has 1 aromatic heterocycles. The summed E-state index contributed by atoms with van der Waals surface area (Å²) in [6.45, 7) is 4.72. The van der Waals surface area contributed by atoms with E-state index < -0.39 is 5.91 Å². The number of anilines is 1. The standard InChI is InChI=1S/C13H22N4O3S/c1-8(2)6-5-7-20-11-9(10(14)18)12(21-16-11)15-13(19)17(3)4/h8H,5-7H2,1-4H3,(H2,14,18)(H,15,19). The topological polar surface area (TPSA) is 97.6 Å². The van der Waals surface area contributed by atoms with Gasteiger partial charge in [-0.15, -0.1) is 0 Å². The molecule has 1 aromatic rings. The molecule has 0 aromatic carbocycles. The molecule has 0 spiro atoms. The molecule has 0 radical (unpaired) electrons. The molecular formula is C13H22N4O3S. The number of primary amides is 1. The molecule has 0 unspecified atom stereocenters. The van der Waals surface area contributed by atoms with E-state index in [0.29, 0.717) is 17.5 Å². The summed E-state index contributed by atoms with van der Waals surface area (Å²) in [5.41, 5.74) is 5.47. The van der Waals surface area contributed by atoms with E-state index in [9.17, 15) is 9.59 Å². The number of aromatic nitrogens is 1. The van der Waals surface area contributed by atoms with Gasteiger partial charge in [-0.05, 0) is 30.3 Å². The predicted octanol–water partition coefficient (Wildman–Crippen LogP) is 2.15. The van der Waals surface area contributed by atoms with Gasteiger partial charge in [0, 0.05) is 14.1 Å². The van der Waals surface area contributed by atoms with Crippen molar-refractivity contribution in [2.45, 2.75) is 26.7 Å². The third-order valence-electron chi connectivity index (χ3n) is 2.70. The van der Waals surface area contributed by atoms with Crippen molar-refractivity contribution in [2.24, 2.45) is 11.7 Å². The van der Waals surface area contributed by atoms with E-state index in [-0.39, 0.29) is 17.5 Å². The van der Waals surface area contributed by atoms with Crippen molar-refractivity contribution < 1.29 is 14.3 Å². The summed E-state index contributed by atoms with van der Waals surface area (Å²) in [5.74, 6) is 0.108. The highest BCUT2D eigenvalue weighted by Gasteiger charge is 2.22. The van der Waals surface area contributed by atoms with E-state index in [1.54, 1.807) is 14.1 Å². The molecule has 0 saturated heterocycles. The quantitative estimate of drug-likeness (QED) is 0.753. The van der Waals surface area contributed by atoms with Crippen LogP contribution < -0.4 is 15.8 Å². The predicted molar refractivity (Wildman–Crippen MR) is 82.9 cm³/mol. The van der Waals surface area contributed by atoms with Crippen LogP contribution in [0.5, 0.6) is 5.88 Å². The number of nitrogens with two attached hydrogens (primary N) is 1. The van der Waals surface area contributed by atoms with Crippen LogP contribution in [0.15, 0.2) is 0 Å². The molecular weight excluding hydrogens is 292 g/mol. The Morgan fingerprint density at radius 3 is 2.62 bits per heavy atom. The van der Waals surface area contributed by atoms with Gasteiger partial charge >= 0.3 is 6.03 Å². The van der Waals surface area contributed by atoms with Crippen LogP contribution in [-0.4, -0.2) is 41.9 Å². The summed E-state index contributed by atoms with van der Waals surface area (Å²) in [6, 6.07) is -0.354. The summed E-state index contributed by atoms with van der Waals surface area (Å²) < 4.78 is 9.56. The minimum absolute atomic E-state index is 0.125. The molecule has 0 saturated carbocycles. The van der Waals surface area contributed by atoms with Gasteiger partial charge in [-0.3, -0.25) is 10.1 Å². The van der Waals surface area contributed by atoms with E-state index in [1.807, 2.05) is 0 Å². The molecule has 8 heteroatoms. The second-order valence-electron chi connectivity index (χ2n) is 5.27. The zero-order valence-corrected chi connectivity index (χ0v) is 13.6. The van der Waals surface area contributed by atoms with Crippen molar-refractivity contribution in [3.8, 4) is 5.88 Å². The first kappa shape index (κ1) is 17.2. The van der Waals surface area contributed by atoms with E-state index in [2.05, 4.69) is 23.5 Å². The highest BCUT2D eigenvalue weighted by atomic mass is 32.1. The van der Waals surface area contributed by atoms with Crippen LogP contribution >= 0.6 is 11.5 Å². The Kier molecular flexibility index (Phi) is 6.41. The Bertz CT molecular complexity index is 500. The molecule has 1 heterocycles. The summed E-state index contributed by atoms with van der Waals surface area (Å²) in [5, 5.41) is 2.89. The zero-order chi connectivity index (χ0) is 16.0. The van der Waals surface area contributed by atoms with Gasteiger partial charge in [0.1, 0.15) is 10.6 Å². The Hall–Kier alpha value is -1.83. The van der Waals surface area contributed by atoms with Crippen LogP contribution in [0.4, 0.5) is 9.80 Å². The molecule has 21 heavy (non-hydrogen) atoms. The van der Waals surface area contributed by atoms with Crippen LogP contribution in [0.3, 0.4) is 0 Å². The van der Waals surface area contributed by atoms with Crippen molar-refractivity contribution >= 4 is 28.5 Å². The molecule has 1 rings (SSSR count). The molecule has 0 atom stereocenters. The number of rotatable bonds is 7. The average molecular weight is 314 g/mol. The van der Waals surface area contributed by atoms with Crippen LogP contribution in [0.25, 0.3) is 0 Å². The highest BCUT2D eigenvalue weighted by Crippen LogP contribution is 2.30. The number of ether oxygens (including phenoxy) is 1. The number of nitrogens with zero attached hydrogens (tertiary/aromatic N) is 2. The number of nitrogens with one attached hydrogen (secondary N) is 1. The largest absolute Gasteiger partial charge is 0.476 e. The number of amides is 3. The summed E-state index contributed by atoms with van der Waals surface area (Å²) >= 11 is 0.980. The molecule has 3 amide bonds. The third-order valence-corrected chi connectivity index (χ3v) is 3.44. The van der Waals surface area contributed by atoms with Gasteiger partial charge in [0.05, 0.1) is 6.61 Å². The molecule has 118 valence electrons. The fraction of sp³-hybridized carbons (Fsp3) is 0.615. The van der Waals surface area contributed by atoms with Crippen molar-refractivity contribution in [3.05, 3.63) is 5.56 Å². The first-order valence-corrected chi connectivity index (χ1v) is 7.50. The Balaban J connectivity index is 2.75. The van der Waals surface area contributed by atoms with Crippen molar-refractivity contribution in [1.29, 1.82) is 0 Å². The fourth-order valence-electron chi connectivity index (χ4n) is 1.55. The molecule has 0 fully saturated rings. The Labute approximate surface area is 128 Å². The maximum absolute atomic E-state index is 11.6. The summed E-state index contributed by atoms with van der Waals surface area (Å²) in [7, 11) is 3.20. The lowest BCUT2D eigenvalue weighted by atomic mass is 10.1. The molecule has 0 aliphatic carbocycles. The van der Waals surface area contributed by atoms with Crippen molar-refractivity contribution in [3.63, 3.8) is 0 Å². The van der Waals surface area contributed by atoms with Gasteiger partial charge < -0.3 is 15.4 Å². The van der Waals surface area contributed by atoms with E-state index in [0.717, 1.165) is 24.4 Å². The first-order chi connectivity index (χ1) is 9.82. The molecule has 3 N–H and O–H groups in total. The van der Waals surface area contributed by atoms with Crippen LogP contribution in [-0.2, 0) is 0 Å². The van der Waals surface area contributed by atoms with E-state index in [4.69, 9.17) is 10.5 Å². The number of hydrogen-bond acceptors (Lipinski definition) is 5. The smallest absolute Gasteiger partial charge is 0.321 e. The first-order valence-electron chi connectivity index (χ1n) is 6.73. The SMILES string of the molecule is CC(C)CCCOc1nsc(NC(=O)N(C)C)c1C(N)=O. The zero-order valence-electron chi connectivity index (χ0n) is 12.8. The van der Waals surface area contributed by atoms with E-state index in [1.165, 1.54) is 4.90 Å². The molecule has 7 nitrogen and oxygen atoms in total. The number of carbonyl (C=O) groups is 2. The lowest BCUT2D eigenvalue weighted by Gasteiger charge is -2.11. The van der Waals surface area contributed by atoms with Crippen LogP contribution in [0.1, 0.15) is 37.0 Å². The minimum Gasteiger partial charge on any atom is -0.476 e. The lowest BCUT2D eigenvalue weighted by molar-refractivity contribution is 0.0997. The van der Waals surface area contributed by atoms with Crippen molar-refractivity contribution in [1.82, 2.24) is 9.27 Å². The maximum Gasteiger partial charge on any atom is 0.321 e. The minimum atomic E-state index is -0.670. The summed E-state index contributed by atoms with van der Waals surface area (Å²) in [6.07, 6.45) is 1.90. The maximum atomic E-state index is 11.6. The molecule has 0 aliphatic rings. The van der Waals surface area contributed by atoms with Crippen LogP contribution in [0.2, 0.25) is 0 Å².